The van der Waals surface area contributed by atoms with Crippen LogP contribution in [0.2, 0.25) is 0 Å². The molecule has 0 saturated carbocycles. The molecule has 0 amide bonds. The van der Waals surface area contributed by atoms with E-state index in [1.165, 1.54) is 80.7 Å². The molecular weight excluding hydrogens is 797 g/mol. The number of hydrogen-bond acceptors (Lipinski definition) is 8. The van der Waals surface area contributed by atoms with Crippen LogP contribution in [0.3, 0.4) is 0 Å². The molecule has 0 aliphatic rings. The molecule has 0 aliphatic carbocycles. The van der Waals surface area contributed by atoms with Crippen LogP contribution >= 0.6 is 45.3 Å². The maximum atomic E-state index is 5.47. The molecule has 0 saturated heterocycles. The van der Waals surface area contributed by atoms with Crippen molar-refractivity contribution in [2.45, 2.75) is 0 Å². The molecular formula is C51H28N4S4. The largest absolute Gasteiger partial charge is 0.278 e. The van der Waals surface area contributed by atoms with Crippen LogP contribution in [0.5, 0.6) is 0 Å². The molecule has 5 heterocycles. The number of aromatic nitrogens is 3. The molecule has 4 nitrogen and oxygen atoms in total. The van der Waals surface area contributed by atoms with Gasteiger partial charge in [0.25, 0.3) is 0 Å². The van der Waals surface area contributed by atoms with Crippen LogP contribution in [0, 0.1) is 0 Å². The summed E-state index contributed by atoms with van der Waals surface area (Å²) in [6.45, 7) is 0. The maximum absolute atomic E-state index is 5.47. The summed E-state index contributed by atoms with van der Waals surface area (Å²) in [6, 6.07) is 61.3. The van der Waals surface area contributed by atoms with Gasteiger partial charge in [0.05, 0.1) is 5.69 Å². The Kier molecular flexibility index (Phi) is 7.35. The van der Waals surface area contributed by atoms with Crippen LogP contribution < -0.4 is 4.90 Å². The molecule has 0 atom stereocenters. The van der Waals surface area contributed by atoms with Crippen molar-refractivity contribution in [2.24, 2.45) is 0 Å². The van der Waals surface area contributed by atoms with Gasteiger partial charge < -0.3 is 0 Å². The molecule has 5 aromatic heterocycles. The maximum Gasteiger partial charge on any atom is 0.238 e. The first kappa shape index (κ1) is 33.4. The Hall–Kier alpha value is -6.55. The van der Waals surface area contributed by atoms with E-state index in [1.807, 2.05) is 34.0 Å². The molecule has 13 rings (SSSR count). The highest BCUT2D eigenvalue weighted by molar-refractivity contribution is 7.27. The van der Waals surface area contributed by atoms with Crippen LogP contribution in [0.4, 0.5) is 17.3 Å². The van der Waals surface area contributed by atoms with Gasteiger partial charge in [-0.25, -0.2) is 4.98 Å². The van der Waals surface area contributed by atoms with Gasteiger partial charge in [-0.2, -0.15) is 9.97 Å². The van der Waals surface area contributed by atoms with Gasteiger partial charge in [-0.1, -0.05) is 91.0 Å². The highest BCUT2D eigenvalue weighted by Crippen LogP contribution is 2.47. The topological polar surface area (TPSA) is 41.9 Å². The van der Waals surface area contributed by atoms with E-state index < -0.39 is 0 Å². The Morgan fingerprint density at radius 3 is 1.49 bits per heavy atom. The second-order valence-corrected chi connectivity index (χ2v) is 19.1. The van der Waals surface area contributed by atoms with E-state index in [1.54, 1.807) is 11.3 Å². The summed E-state index contributed by atoms with van der Waals surface area (Å²) in [6.07, 6.45) is 0. The lowest BCUT2D eigenvalue weighted by molar-refractivity contribution is 1.03. The lowest BCUT2D eigenvalue weighted by Gasteiger charge is -2.25. The summed E-state index contributed by atoms with van der Waals surface area (Å²) in [5.74, 6) is 1.83. The van der Waals surface area contributed by atoms with Crippen molar-refractivity contribution in [1.29, 1.82) is 0 Å². The number of thiophene rings is 4. The zero-order valence-corrected chi connectivity index (χ0v) is 34.4. The standard InChI is InChI=1S/C51H28N4S4/c1-5-15-40-32(10-1)35-23-20-30(27-47(35)59-40)50-52-49(29-21-24-44-37(26-29)33-11-2-6-16-41(33)56-44)53-51(54-50)55(31-22-25-45-38(28-31)34-12-3-7-17-42(34)57-45)39-14-9-19-46-48(39)36-13-4-8-18-43(36)58-46/h1-28H. The Labute approximate surface area is 353 Å². The zero-order valence-electron chi connectivity index (χ0n) is 31.1. The minimum absolute atomic E-state index is 0.568. The summed E-state index contributed by atoms with van der Waals surface area (Å²) in [5.41, 5.74) is 3.93. The average molecular weight is 825 g/mol. The van der Waals surface area contributed by atoms with Crippen LogP contribution in [0.25, 0.3) is 103 Å². The fourth-order valence-electron chi connectivity index (χ4n) is 8.61. The van der Waals surface area contributed by atoms with Crippen molar-refractivity contribution >= 4 is 143 Å². The summed E-state index contributed by atoms with van der Waals surface area (Å²) in [4.78, 5) is 18.5. The molecule has 0 unspecified atom stereocenters. The van der Waals surface area contributed by atoms with Crippen molar-refractivity contribution in [2.75, 3.05) is 4.90 Å². The van der Waals surface area contributed by atoms with Crippen molar-refractivity contribution in [1.82, 2.24) is 15.0 Å². The van der Waals surface area contributed by atoms with E-state index in [0.717, 1.165) is 22.5 Å². The van der Waals surface area contributed by atoms with Crippen LogP contribution in [-0.4, -0.2) is 15.0 Å². The highest BCUT2D eigenvalue weighted by atomic mass is 32.1. The number of anilines is 3. The van der Waals surface area contributed by atoms with E-state index in [0.29, 0.717) is 17.6 Å². The van der Waals surface area contributed by atoms with Crippen LogP contribution in [0.1, 0.15) is 0 Å². The Morgan fingerprint density at radius 1 is 0.322 bits per heavy atom. The minimum Gasteiger partial charge on any atom is -0.278 e. The molecule has 0 aliphatic heterocycles. The van der Waals surface area contributed by atoms with E-state index in [2.05, 4.69) is 175 Å². The third-order valence-electron chi connectivity index (χ3n) is 11.3. The van der Waals surface area contributed by atoms with Gasteiger partial charge in [0, 0.05) is 97.5 Å². The molecule has 8 aromatic carbocycles. The molecule has 0 radical (unpaired) electrons. The van der Waals surface area contributed by atoms with Crippen molar-refractivity contribution in [3.05, 3.63) is 170 Å². The predicted molar refractivity (Wildman–Crippen MR) is 257 cm³/mol. The monoisotopic (exact) mass is 824 g/mol. The summed E-state index contributed by atoms with van der Waals surface area (Å²) < 4.78 is 9.98. The number of fused-ring (bicyclic) bond motifs is 12. The van der Waals surface area contributed by atoms with Crippen molar-refractivity contribution < 1.29 is 0 Å². The SMILES string of the molecule is c1ccc2c(c1)sc1cc(-c3nc(-c4ccc5sc6ccccc6c5c4)nc(N(c4ccc5sc6ccccc6c5c4)c4cccc5sc6ccccc6c45)n3)ccc12. The minimum atomic E-state index is 0.568. The first-order chi connectivity index (χ1) is 29.2. The third kappa shape index (κ3) is 5.27. The van der Waals surface area contributed by atoms with Gasteiger partial charge in [-0.3, -0.25) is 4.90 Å². The fraction of sp³-hybridized carbons (Fsp3) is 0. The molecule has 0 N–H and O–H groups in total. The molecule has 59 heavy (non-hydrogen) atoms. The number of hydrogen-bond donors (Lipinski definition) is 0. The van der Waals surface area contributed by atoms with E-state index in [9.17, 15) is 0 Å². The first-order valence-electron chi connectivity index (χ1n) is 19.4. The van der Waals surface area contributed by atoms with Gasteiger partial charge in [0.1, 0.15) is 0 Å². The quantitative estimate of drug-likeness (QED) is 0.173. The van der Waals surface area contributed by atoms with Gasteiger partial charge in [0.15, 0.2) is 11.6 Å². The number of rotatable bonds is 5. The van der Waals surface area contributed by atoms with Gasteiger partial charge in [-0.15, -0.1) is 45.3 Å². The Morgan fingerprint density at radius 2 is 0.797 bits per heavy atom. The smallest absolute Gasteiger partial charge is 0.238 e. The number of nitrogens with zero attached hydrogens (tertiary/aromatic N) is 4. The van der Waals surface area contributed by atoms with E-state index >= 15 is 0 Å². The van der Waals surface area contributed by atoms with Gasteiger partial charge >= 0.3 is 0 Å². The fourth-order valence-corrected chi connectivity index (χ4v) is 13.1. The molecule has 13 aromatic rings. The normalized spacial score (nSPS) is 12.1. The molecule has 0 fully saturated rings. The lowest BCUT2D eigenvalue weighted by Crippen LogP contribution is -2.15. The zero-order chi connectivity index (χ0) is 38.6. The molecule has 0 bridgehead atoms. The Balaban J connectivity index is 1.10. The van der Waals surface area contributed by atoms with E-state index in [-0.39, 0.29) is 0 Å². The van der Waals surface area contributed by atoms with Crippen LogP contribution in [0.15, 0.2) is 170 Å². The van der Waals surface area contributed by atoms with Gasteiger partial charge in [0.2, 0.25) is 5.95 Å². The molecule has 8 heteroatoms. The number of benzene rings is 8. The van der Waals surface area contributed by atoms with Crippen molar-refractivity contribution in [3.8, 4) is 22.8 Å². The third-order valence-corrected chi connectivity index (χ3v) is 15.9. The average Bonchev–Trinajstić information content (AvgIpc) is 4.06. The second-order valence-electron chi connectivity index (χ2n) is 14.8. The molecule has 0 spiro atoms. The van der Waals surface area contributed by atoms with Crippen molar-refractivity contribution in [3.63, 3.8) is 0 Å². The van der Waals surface area contributed by atoms with Gasteiger partial charge in [-0.05, 0) is 78.9 Å². The van der Waals surface area contributed by atoms with E-state index in [4.69, 9.17) is 15.0 Å². The molecule has 276 valence electrons. The highest BCUT2D eigenvalue weighted by Gasteiger charge is 2.24. The lowest BCUT2D eigenvalue weighted by atomic mass is 10.1. The summed E-state index contributed by atoms with van der Waals surface area (Å²) in [7, 11) is 0. The Bertz CT molecular complexity index is 3830. The summed E-state index contributed by atoms with van der Waals surface area (Å²) >= 11 is 7.27. The summed E-state index contributed by atoms with van der Waals surface area (Å²) in [5, 5.41) is 9.83. The predicted octanol–water partition coefficient (Wildman–Crippen LogP) is 16.1. The second kappa shape index (κ2) is 13.0. The first-order valence-corrected chi connectivity index (χ1v) is 22.7. The van der Waals surface area contributed by atoms with Crippen LogP contribution in [-0.2, 0) is 0 Å².